The van der Waals surface area contributed by atoms with E-state index < -0.39 is 17.8 Å². The number of anilines is 1. The molecule has 1 amide bonds. The van der Waals surface area contributed by atoms with Crippen LogP contribution in [0.15, 0.2) is 17.6 Å². The number of nitrogens with zero attached hydrogens (tertiary/aromatic N) is 3. The van der Waals surface area contributed by atoms with Gasteiger partial charge in [0, 0.05) is 11.6 Å². The summed E-state index contributed by atoms with van der Waals surface area (Å²) in [6.07, 6.45) is -3.40. The SMILES string of the molecule is Cc1csc(NC(=O)Cn2ccc(C(F)(F)F)n2)n1. The predicted molar refractivity (Wildman–Crippen MR) is 62.7 cm³/mol. The molecule has 102 valence electrons. The smallest absolute Gasteiger partial charge is 0.300 e. The normalized spacial score (nSPS) is 11.6. The maximum atomic E-state index is 12.3. The average Bonchev–Trinajstić information content (AvgIpc) is 2.87. The third kappa shape index (κ3) is 3.53. The van der Waals surface area contributed by atoms with E-state index >= 15 is 0 Å². The Balaban J connectivity index is 1.97. The summed E-state index contributed by atoms with van der Waals surface area (Å²) in [5.41, 5.74) is -0.260. The minimum Gasteiger partial charge on any atom is -0.300 e. The molecule has 0 aromatic carbocycles. The molecule has 0 unspecified atom stereocenters. The lowest BCUT2D eigenvalue weighted by Gasteiger charge is -2.03. The first-order chi connectivity index (χ1) is 8.84. The van der Waals surface area contributed by atoms with Crippen molar-refractivity contribution in [2.75, 3.05) is 5.32 Å². The summed E-state index contributed by atoms with van der Waals surface area (Å²) in [5, 5.41) is 7.93. The fourth-order valence-electron chi connectivity index (χ4n) is 1.32. The second kappa shape index (κ2) is 5.00. The van der Waals surface area contributed by atoms with Crippen LogP contribution < -0.4 is 5.32 Å². The van der Waals surface area contributed by atoms with Crippen molar-refractivity contribution in [3.8, 4) is 0 Å². The third-order valence-corrected chi connectivity index (χ3v) is 2.98. The number of carbonyl (C=O) groups is 1. The van der Waals surface area contributed by atoms with Crippen LogP contribution in [-0.4, -0.2) is 20.7 Å². The van der Waals surface area contributed by atoms with Gasteiger partial charge in [0.1, 0.15) is 6.54 Å². The van der Waals surface area contributed by atoms with Crippen LogP contribution in [0.5, 0.6) is 0 Å². The van der Waals surface area contributed by atoms with Crippen LogP contribution >= 0.6 is 11.3 Å². The summed E-state index contributed by atoms with van der Waals surface area (Å²) in [6, 6.07) is 0.820. The van der Waals surface area contributed by atoms with Gasteiger partial charge in [-0.25, -0.2) is 4.98 Å². The summed E-state index contributed by atoms with van der Waals surface area (Å²) in [5.74, 6) is -0.480. The predicted octanol–water partition coefficient (Wildman–Crippen LogP) is 2.31. The Hall–Kier alpha value is -1.90. The number of hydrogen-bond donors (Lipinski definition) is 1. The molecule has 2 aromatic rings. The van der Waals surface area contributed by atoms with E-state index in [1.807, 2.05) is 0 Å². The maximum Gasteiger partial charge on any atom is 0.435 e. The van der Waals surface area contributed by atoms with Gasteiger partial charge in [-0.2, -0.15) is 18.3 Å². The number of aryl methyl sites for hydroxylation is 1. The van der Waals surface area contributed by atoms with Crippen LogP contribution in [0.25, 0.3) is 0 Å². The molecule has 0 bridgehead atoms. The van der Waals surface area contributed by atoms with E-state index in [2.05, 4.69) is 15.4 Å². The molecule has 0 saturated carbocycles. The van der Waals surface area contributed by atoms with E-state index in [4.69, 9.17) is 0 Å². The third-order valence-electron chi connectivity index (χ3n) is 2.10. The van der Waals surface area contributed by atoms with E-state index in [9.17, 15) is 18.0 Å². The first-order valence-electron chi connectivity index (χ1n) is 5.17. The van der Waals surface area contributed by atoms with Crippen LogP contribution in [0.3, 0.4) is 0 Å². The Labute approximate surface area is 110 Å². The van der Waals surface area contributed by atoms with Gasteiger partial charge < -0.3 is 5.32 Å². The zero-order valence-electron chi connectivity index (χ0n) is 9.73. The van der Waals surface area contributed by atoms with Crippen LogP contribution in [0.4, 0.5) is 18.3 Å². The summed E-state index contributed by atoms with van der Waals surface area (Å²) >= 11 is 1.25. The highest BCUT2D eigenvalue weighted by atomic mass is 32.1. The van der Waals surface area contributed by atoms with Crippen molar-refractivity contribution in [1.29, 1.82) is 0 Å². The van der Waals surface area contributed by atoms with Crippen molar-refractivity contribution in [1.82, 2.24) is 14.8 Å². The summed E-state index contributed by atoms with van der Waals surface area (Å²) in [4.78, 5) is 15.6. The van der Waals surface area contributed by atoms with Gasteiger partial charge in [-0.3, -0.25) is 9.48 Å². The number of halogens is 3. The molecule has 0 aliphatic heterocycles. The standard InChI is InChI=1S/C10H9F3N4OS/c1-6-5-19-9(14-6)15-8(18)4-17-3-2-7(16-17)10(11,12)13/h2-3,5H,4H2,1H3,(H,14,15,18). The quantitative estimate of drug-likeness (QED) is 0.943. The Kier molecular flexibility index (Phi) is 3.56. The molecule has 0 fully saturated rings. The fourth-order valence-corrected chi connectivity index (χ4v) is 2.02. The highest BCUT2D eigenvalue weighted by molar-refractivity contribution is 7.13. The summed E-state index contributed by atoms with van der Waals surface area (Å²) in [6.45, 7) is 1.48. The van der Waals surface area contributed by atoms with Gasteiger partial charge in [-0.15, -0.1) is 11.3 Å². The van der Waals surface area contributed by atoms with Gasteiger partial charge in [-0.1, -0.05) is 0 Å². The number of nitrogens with one attached hydrogen (secondary N) is 1. The first kappa shape index (κ1) is 13.5. The van der Waals surface area contributed by atoms with E-state index in [1.54, 1.807) is 12.3 Å². The molecule has 2 rings (SSSR count). The van der Waals surface area contributed by atoms with E-state index in [1.165, 1.54) is 11.3 Å². The molecule has 0 aliphatic carbocycles. The average molecular weight is 290 g/mol. The van der Waals surface area contributed by atoms with Crippen LogP contribution in [0.2, 0.25) is 0 Å². The number of thiazole rings is 1. The second-order valence-electron chi connectivity index (χ2n) is 3.74. The lowest BCUT2D eigenvalue weighted by molar-refractivity contribution is -0.141. The topological polar surface area (TPSA) is 59.8 Å². The molecule has 0 atom stereocenters. The largest absolute Gasteiger partial charge is 0.435 e. The molecule has 1 N–H and O–H groups in total. The summed E-state index contributed by atoms with van der Waals surface area (Å²) in [7, 11) is 0. The molecular weight excluding hydrogens is 281 g/mol. The molecule has 19 heavy (non-hydrogen) atoms. The van der Waals surface area contributed by atoms with Crippen molar-refractivity contribution >= 4 is 22.4 Å². The van der Waals surface area contributed by atoms with Crippen LogP contribution in [0, 0.1) is 6.92 Å². The Morgan fingerprint density at radius 3 is 2.79 bits per heavy atom. The van der Waals surface area contributed by atoms with Gasteiger partial charge >= 0.3 is 6.18 Å². The lowest BCUT2D eigenvalue weighted by Crippen LogP contribution is -2.19. The number of hydrogen-bond acceptors (Lipinski definition) is 4. The molecule has 5 nitrogen and oxygen atoms in total. The lowest BCUT2D eigenvalue weighted by atomic mass is 10.4. The highest BCUT2D eigenvalue weighted by Gasteiger charge is 2.33. The molecule has 0 saturated heterocycles. The Morgan fingerprint density at radius 1 is 1.53 bits per heavy atom. The highest BCUT2D eigenvalue weighted by Crippen LogP contribution is 2.27. The van der Waals surface area contributed by atoms with Crippen molar-refractivity contribution in [2.45, 2.75) is 19.6 Å². The minimum atomic E-state index is -4.51. The molecule has 0 spiro atoms. The number of aromatic nitrogens is 3. The van der Waals surface area contributed by atoms with Gasteiger partial charge in [0.25, 0.3) is 0 Å². The number of amides is 1. The van der Waals surface area contributed by atoms with Crippen LogP contribution in [0.1, 0.15) is 11.4 Å². The molecule has 2 heterocycles. The van der Waals surface area contributed by atoms with E-state index in [0.717, 1.165) is 22.6 Å². The van der Waals surface area contributed by atoms with Crippen LogP contribution in [-0.2, 0) is 17.5 Å². The monoisotopic (exact) mass is 290 g/mol. The Morgan fingerprint density at radius 2 is 2.26 bits per heavy atom. The molecule has 0 radical (unpaired) electrons. The number of alkyl halides is 3. The van der Waals surface area contributed by atoms with Crippen molar-refractivity contribution in [3.63, 3.8) is 0 Å². The van der Waals surface area contributed by atoms with Gasteiger partial charge in [0.05, 0.1) is 5.69 Å². The Bertz CT molecular complexity index is 590. The fraction of sp³-hybridized carbons (Fsp3) is 0.300. The van der Waals surface area contributed by atoms with Crippen molar-refractivity contribution in [2.24, 2.45) is 0 Å². The van der Waals surface area contributed by atoms with Gasteiger partial charge in [0.15, 0.2) is 10.8 Å². The van der Waals surface area contributed by atoms with Crippen molar-refractivity contribution in [3.05, 3.63) is 29.0 Å². The maximum absolute atomic E-state index is 12.3. The molecule has 2 aromatic heterocycles. The number of rotatable bonds is 3. The van der Waals surface area contributed by atoms with Crippen molar-refractivity contribution < 1.29 is 18.0 Å². The van der Waals surface area contributed by atoms with Gasteiger partial charge in [0.2, 0.25) is 5.91 Å². The number of carbonyl (C=O) groups excluding carboxylic acids is 1. The molecule has 9 heteroatoms. The zero-order valence-corrected chi connectivity index (χ0v) is 10.5. The molecular formula is C10H9F3N4OS. The second-order valence-corrected chi connectivity index (χ2v) is 4.60. The molecule has 0 aliphatic rings. The first-order valence-corrected chi connectivity index (χ1v) is 6.05. The minimum absolute atomic E-state index is 0.297. The zero-order chi connectivity index (χ0) is 14.0. The summed E-state index contributed by atoms with van der Waals surface area (Å²) < 4.78 is 37.8. The van der Waals surface area contributed by atoms with Gasteiger partial charge in [-0.05, 0) is 13.0 Å². The van der Waals surface area contributed by atoms with E-state index in [-0.39, 0.29) is 6.54 Å². The van der Waals surface area contributed by atoms with E-state index in [0.29, 0.717) is 5.13 Å².